The van der Waals surface area contributed by atoms with Crippen molar-refractivity contribution in [3.05, 3.63) is 29.8 Å². The Morgan fingerprint density at radius 3 is 2.45 bits per heavy atom. The van der Waals surface area contributed by atoms with Gasteiger partial charge in [-0.1, -0.05) is 19.9 Å². The maximum absolute atomic E-state index is 13.7. The van der Waals surface area contributed by atoms with Crippen LogP contribution in [0.5, 0.6) is 0 Å². The molecule has 4 N–H and O–H groups in total. The van der Waals surface area contributed by atoms with E-state index in [1.807, 2.05) is 13.8 Å². The van der Waals surface area contributed by atoms with Crippen LogP contribution in [0.3, 0.4) is 0 Å². The molecule has 3 rings (SSSR count). The third-order valence-corrected chi connectivity index (χ3v) is 7.68. The molecule has 0 unspecified atom stereocenters. The zero-order chi connectivity index (χ0) is 30.8. The first kappa shape index (κ1) is 32.9. The van der Waals surface area contributed by atoms with Crippen molar-refractivity contribution in [3.63, 3.8) is 0 Å². The second-order valence-electron chi connectivity index (χ2n) is 11.6. The molecule has 0 bridgehead atoms. The lowest BCUT2D eigenvalue weighted by Crippen LogP contribution is -2.56. The van der Waals surface area contributed by atoms with Crippen molar-refractivity contribution in [1.82, 2.24) is 20.7 Å². The van der Waals surface area contributed by atoms with Gasteiger partial charge in [-0.05, 0) is 82.2 Å². The van der Waals surface area contributed by atoms with Crippen molar-refractivity contribution in [2.75, 3.05) is 31.5 Å². The minimum absolute atomic E-state index is 0.00141. The average Bonchev–Trinajstić information content (AvgIpc) is 2.98. The zero-order valence-electron chi connectivity index (χ0n) is 24.7. The fourth-order valence-corrected chi connectivity index (χ4v) is 5.24. The topological polar surface area (TPSA) is 165 Å². The van der Waals surface area contributed by atoms with Gasteiger partial charge in [0, 0.05) is 37.2 Å². The van der Waals surface area contributed by atoms with Crippen molar-refractivity contribution in [1.29, 1.82) is 0 Å². The quantitative estimate of drug-likeness (QED) is 0.163. The molecule has 12 nitrogen and oxygen atoms in total. The zero-order valence-corrected chi connectivity index (χ0v) is 24.7. The minimum Gasteiger partial charge on any atom is -0.480 e. The van der Waals surface area contributed by atoms with Crippen LogP contribution in [-0.2, 0) is 24.0 Å². The summed E-state index contributed by atoms with van der Waals surface area (Å²) in [4.78, 5) is 77.9. The number of imide groups is 1. The van der Waals surface area contributed by atoms with Gasteiger partial charge >= 0.3 is 5.97 Å². The summed E-state index contributed by atoms with van der Waals surface area (Å²) >= 11 is 0. The molecule has 0 aromatic heterocycles. The van der Waals surface area contributed by atoms with Crippen molar-refractivity contribution in [2.24, 2.45) is 17.8 Å². The minimum atomic E-state index is -1.26. The third kappa shape index (κ3) is 9.45. The molecule has 0 aliphatic carbocycles. The Bertz CT molecular complexity index is 1160. The molecular weight excluding hydrogens is 542 g/mol. The lowest BCUT2D eigenvalue weighted by atomic mass is 9.92. The summed E-state index contributed by atoms with van der Waals surface area (Å²) in [6.07, 6.45) is 4.38. The predicted octanol–water partition coefficient (Wildman–Crippen LogP) is 2.21. The maximum Gasteiger partial charge on any atom is 0.322 e. The Balaban J connectivity index is 1.72. The number of benzene rings is 1. The number of anilines is 1. The van der Waals surface area contributed by atoms with Crippen LogP contribution in [0.15, 0.2) is 24.3 Å². The Morgan fingerprint density at radius 1 is 1.07 bits per heavy atom. The molecule has 2 aliphatic rings. The lowest BCUT2D eigenvalue weighted by Gasteiger charge is -2.35. The summed E-state index contributed by atoms with van der Waals surface area (Å²) in [6, 6.07) is 4.49. The highest BCUT2D eigenvalue weighted by atomic mass is 16.4. The second kappa shape index (κ2) is 15.5. The number of ketones is 1. The summed E-state index contributed by atoms with van der Waals surface area (Å²) in [5, 5.41) is 16.0. The van der Waals surface area contributed by atoms with Crippen molar-refractivity contribution < 1.29 is 33.9 Å². The number of amides is 4. The van der Waals surface area contributed by atoms with Gasteiger partial charge in [0.05, 0.1) is 5.92 Å². The Labute approximate surface area is 246 Å². The van der Waals surface area contributed by atoms with E-state index < -0.39 is 41.4 Å². The molecule has 0 radical (unpaired) electrons. The van der Waals surface area contributed by atoms with E-state index in [2.05, 4.69) is 16.1 Å². The summed E-state index contributed by atoms with van der Waals surface area (Å²) in [7, 11) is 0. The Hall–Kier alpha value is -3.64. The summed E-state index contributed by atoms with van der Waals surface area (Å²) in [5.74, 6) is -4.34. The number of hydrogen-bond acceptors (Lipinski definition) is 8. The molecule has 2 saturated heterocycles. The number of carboxylic acid groups (broad SMARTS) is 1. The highest BCUT2D eigenvalue weighted by Gasteiger charge is 2.36. The van der Waals surface area contributed by atoms with E-state index in [1.54, 1.807) is 4.90 Å². The molecule has 2 aliphatic heterocycles. The second-order valence-corrected chi connectivity index (χ2v) is 11.6. The molecule has 2 heterocycles. The Morgan fingerprint density at radius 2 is 1.79 bits per heavy atom. The third-order valence-electron chi connectivity index (χ3n) is 7.68. The van der Waals surface area contributed by atoms with Gasteiger partial charge in [-0.3, -0.25) is 28.8 Å². The number of carbonyl (C=O) groups excluding carboxylic acids is 5. The van der Waals surface area contributed by atoms with Crippen LogP contribution in [0.2, 0.25) is 0 Å². The van der Waals surface area contributed by atoms with E-state index >= 15 is 0 Å². The van der Waals surface area contributed by atoms with Gasteiger partial charge in [-0.15, -0.1) is 0 Å². The van der Waals surface area contributed by atoms with Gasteiger partial charge < -0.3 is 20.6 Å². The van der Waals surface area contributed by atoms with Crippen molar-refractivity contribution in [2.45, 2.75) is 71.8 Å². The molecule has 42 heavy (non-hydrogen) atoms. The number of aliphatic carboxylic acids is 1. The SMILES string of the molecule is CC(C)CC(=O)C(=O)Nc1cccc(C(=O)N(N[C@H](C)C(=O)O)C(=O)[C@@H]2CCCN(C(=O)CCC3CCNCC3)C2)c1. The van der Waals surface area contributed by atoms with E-state index in [0.717, 1.165) is 32.4 Å². The number of carboxylic acids is 1. The lowest BCUT2D eigenvalue weighted by molar-refractivity contribution is -0.144. The number of likely N-dealkylation sites (tertiary alicyclic amines) is 1. The maximum atomic E-state index is 13.7. The molecule has 1 aromatic rings. The first-order valence-electron chi connectivity index (χ1n) is 14.8. The molecule has 4 amide bonds. The van der Waals surface area contributed by atoms with Crippen LogP contribution >= 0.6 is 0 Å². The number of hydrogen-bond donors (Lipinski definition) is 4. The van der Waals surface area contributed by atoms with E-state index in [9.17, 15) is 33.9 Å². The van der Waals surface area contributed by atoms with Crippen LogP contribution in [0.1, 0.15) is 76.1 Å². The number of Topliss-reactive ketones (excluding diaryl/α,β-unsaturated/α-hetero) is 1. The fraction of sp³-hybridized carbons (Fsp3) is 0.600. The summed E-state index contributed by atoms with van der Waals surface area (Å²) < 4.78 is 0. The number of rotatable bonds is 12. The number of piperidine rings is 2. The molecule has 0 saturated carbocycles. The Kier molecular flexibility index (Phi) is 12.2. The predicted molar refractivity (Wildman–Crippen MR) is 155 cm³/mol. The smallest absolute Gasteiger partial charge is 0.322 e. The molecule has 1 aromatic carbocycles. The van der Waals surface area contributed by atoms with E-state index in [1.165, 1.54) is 31.2 Å². The fourth-order valence-electron chi connectivity index (χ4n) is 5.24. The number of nitrogens with zero attached hydrogens (tertiary/aromatic N) is 2. The number of carbonyl (C=O) groups is 6. The standard InChI is InChI=1S/C30H43N5O7/c1-19(2)16-25(36)27(38)32-24-8-4-6-22(17-24)28(39)35(33-20(3)30(41)42)29(40)23-7-5-15-34(18-23)26(37)10-9-21-11-13-31-14-12-21/h4,6,8,17,19-21,23,31,33H,5,7,9-16,18H2,1-3H3,(H,32,38)(H,41,42)/t20-,23-/m1/s1. The molecular formula is C30H43N5O7. The first-order valence-corrected chi connectivity index (χ1v) is 14.8. The monoisotopic (exact) mass is 585 g/mol. The van der Waals surface area contributed by atoms with E-state index in [4.69, 9.17) is 0 Å². The van der Waals surface area contributed by atoms with Gasteiger partial charge in [0.2, 0.25) is 17.6 Å². The van der Waals surface area contributed by atoms with Crippen LogP contribution in [-0.4, -0.2) is 82.6 Å². The highest BCUT2D eigenvalue weighted by molar-refractivity contribution is 6.40. The largest absolute Gasteiger partial charge is 0.480 e. The molecule has 2 atom stereocenters. The first-order chi connectivity index (χ1) is 20.0. The van der Waals surface area contributed by atoms with Crippen LogP contribution < -0.4 is 16.1 Å². The van der Waals surface area contributed by atoms with Gasteiger partial charge in [0.25, 0.3) is 11.8 Å². The van der Waals surface area contributed by atoms with Crippen LogP contribution in [0.4, 0.5) is 5.69 Å². The molecule has 230 valence electrons. The highest BCUT2D eigenvalue weighted by Crippen LogP contribution is 2.23. The number of nitrogens with one attached hydrogen (secondary N) is 3. The van der Waals surface area contributed by atoms with Gasteiger partial charge in [-0.2, -0.15) is 0 Å². The van der Waals surface area contributed by atoms with Gasteiger partial charge in [0.1, 0.15) is 6.04 Å². The van der Waals surface area contributed by atoms with Gasteiger partial charge in [-0.25, -0.2) is 10.4 Å². The molecule has 12 heteroatoms. The molecule has 0 spiro atoms. The summed E-state index contributed by atoms with van der Waals surface area (Å²) in [5.41, 5.74) is 2.70. The summed E-state index contributed by atoms with van der Waals surface area (Å²) in [6.45, 7) is 7.52. The normalized spacial score (nSPS) is 18.3. The van der Waals surface area contributed by atoms with Crippen LogP contribution in [0.25, 0.3) is 0 Å². The van der Waals surface area contributed by atoms with Crippen LogP contribution in [0, 0.1) is 17.8 Å². The average molecular weight is 586 g/mol. The van der Waals surface area contributed by atoms with E-state index in [-0.39, 0.29) is 36.0 Å². The number of hydrazine groups is 1. The molecule has 2 fully saturated rings. The van der Waals surface area contributed by atoms with Crippen molar-refractivity contribution >= 4 is 41.1 Å². The van der Waals surface area contributed by atoms with Crippen molar-refractivity contribution in [3.8, 4) is 0 Å². The van der Waals surface area contributed by atoms with E-state index in [0.29, 0.717) is 36.7 Å². The van der Waals surface area contributed by atoms with Gasteiger partial charge in [0.15, 0.2) is 0 Å².